The van der Waals surface area contributed by atoms with Crippen molar-refractivity contribution < 1.29 is 4.57 Å². The van der Waals surface area contributed by atoms with Crippen LogP contribution in [0.1, 0.15) is 111 Å². The first-order chi connectivity index (χ1) is 17.3. The smallest absolute Gasteiger partial charge is 0.170 e. The first kappa shape index (κ1) is 29.0. The molecule has 35 heavy (non-hydrogen) atoms. The Kier molecular flexibility index (Phi) is 15.8. The zero-order valence-electron chi connectivity index (χ0n) is 23.0. The second kappa shape index (κ2) is 19.0. The lowest BCUT2D eigenvalue weighted by molar-refractivity contribution is -0.697. The van der Waals surface area contributed by atoms with E-state index in [1.165, 1.54) is 109 Å². The molecule has 1 aromatic heterocycles. The van der Waals surface area contributed by atoms with Crippen molar-refractivity contribution in [2.45, 2.75) is 117 Å². The number of aromatic nitrogens is 1. The molecule has 0 radical (unpaired) electrons. The molecule has 0 bridgehead atoms. The Hall–Kier alpha value is -2.23. The van der Waals surface area contributed by atoms with Gasteiger partial charge in [-0.15, -0.1) is 0 Å². The number of nitrogens with zero attached hydrogens (tertiary/aromatic N) is 2. The normalized spacial score (nSPS) is 10.9. The van der Waals surface area contributed by atoms with Gasteiger partial charge in [-0.1, -0.05) is 91.4 Å². The Bertz CT molecular complexity index is 726. The van der Waals surface area contributed by atoms with Gasteiger partial charge in [0, 0.05) is 37.3 Å². The number of hydrogen-bond donors (Lipinski definition) is 2. The number of pyridine rings is 1. The number of hydrogen-bond acceptors (Lipinski definition) is 3. The van der Waals surface area contributed by atoms with Crippen LogP contribution in [0.4, 0.5) is 17.1 Å². The summed E-state index contributed by atoms with van der Waals surface area (Å²) in [6.45, 7) is 10.2. The molecule has 2 N–H and O–H groups in total. The van der Waals surface area contributed by atoms with Crippen molar-refractivity contribution in [1.82, 2.24) is 0 Å². The third kappa shape index (κ3) is 12.9. The van der Waals surface area contributed by atoms with Crippen LogP contribution in [-0.2, 0) is 6.54 Å². The van der Waals surface area contributed by atoms with Crippen LogP contribution in [0, 0.1) is 0 Å². The molecule has 0 saturated heterocycles. The second-order valence-corrected chi connectivity index (χ2v) is 10.00. The van der Waals surface area contributed by atoms with E-state index in [1.807, 2.05) is 0 Å². The average Bonchev–Trinajstić information content (AvgIpc) is 2.90. The number of hydrazine groups is 1. The van der Waals surface area contributed by atoms with Crippen molar-refractivity contribution in [3.8, 4) is 0 Å². The van der Waals surface area contributed by atoms with Crippen molar-refractivity contribution in [2.75, 3.05) is 28.8 Å². The van der Waals surface area contributed by atoms with E-state index in [2.05, 4.69) is 89.9 Å². The Labute approximate surface area is 216 Å². The number of unbranched alkanes of at least 4 members (excludes halogenated alkanes) is 11. The summed E-state index contributed by atoms with van der Waals surface area (Å²) >= 11 is 0. The molecule has 0 fully saturated rings. The van der Waals surface area contributed by atoms with Gasteiger partial charge < -0.3 is 15.8 Å². The van der Waals surface area contributed by atoms with Gasteiger partial charge in [0.1, 0.15) is 6.54 Å². The van der Waals surface area contributed by atoms with E-state index in [9.17, 15) is 0 Å². The highest BCUT2D eigenvalue weighted by molar-refractivity contribution is 5.57. The van der Waals surface area contributed by atoms with Gasteiger partial charge in [0.2, 0.25) is 0 Å². The van der Waals surface area contributed by atoms with Crippen molar-refractivity contribution >= 4 is 17.1 Å². The van der Waals surface area contributed by atoms with Crippen LogP contribution in [0.25, 0.3) is 0 Å². The van der Waals surface area contributed by atoms with Crippen LogP contribution in [0.5, 0.6) is 0 Å². The minimum atomic E-state index is 1.08. The van der Waals surface area contributed by atoms with Gasteiger partial charge in [-0.2, -0.15) is 0 Å². The highest BCUT2D eigenvalue weighted by Gasteiger charge is 2.07. The Morgan fingerprint density at radius 2 is 1.00 bits per heavy atom. The van der Waals surface area contributed by atoms with Crippen LogP contribution in [-0.4, -0.2) is 13.1 Å². The quantitative estimate of drug-likeness (QED) is 0.106. The summed E-state index contributed by atoms with van der Waals surface area (Å²) in [4.78, 5) is 2.61. The molecule has 2 rings (SSSR count). The average molecular weight is 482 g/mol. The summed E-state index contributed by atoms with van der Waals surface area (Å²) in [7, 11) is 0. The van der Waals surface area contributed by atoms with E-state index in [0.717, 1.165) is 17.9 Å². The van der Waals surface area contributed by atoms with Gasteiger partial charge in [0.05, 0.1) is 11.4 Å². The number of rotatable bonds is 21. The predicted molar refractivity (Wildman–Crippen MR) is 154 cm³/mol. The zero-order valence-corrected chi connectivity index (χ0v) is 23.0. The summed E-state index contributed by atoms with van der Waals surface area (Å²) in [6, 6.07) is 13.2. The third-order valence-corrected chi connectivity index (χ3v) is 6.81. The standard InChI is InChI=1S/C31H52N4/c1-4-7-10-12-14-16-25-35(26-17-15-13-11-8-5-2)31-20-18-29(19-21-31)32-33-30-22-27-34(28-23-30)24-9-6-3/h18-23,27-28,32H,4-17,24-26H2,1-3H3/p+1. The zero-order chi connectivity index (χ0) is 25.0. The predicted octanol–water partition coefficient (Wildman–Crippen LogP) is 8.74. The van der Waals surface area contributed by atoms with E-state index in [1.54, 1.807) is 0 Å². The SMILES string of the molecule is CCCCCCCCN(CCCCCCCC)c1ccc(NNc2cc[n+](CCCC)cc2)cc1. The molecule has 0 aliphatic carbocycles. The van der Waals surface area contributed by atoms with Gasteiger partial charge >= 0.3 is 0 Å². The fourth-order valence-corrected chi connectivity index (χ4v) is 4.47. The molecule has 0 amide bonds. The third-order valence-electron chi connectivity index (χ3n) is 6.81. The number of aryl methyl sites for hydroxylation is 1. The van der Waals surface area contributed by atoms with E-state index < -0.39 is 0 Å². The summed E-state index contributed by atoms with van der Waals surface area (Å²) in [5.74, 6) is 0. The minimum absolute atomic E-state index is 1.08. The Morgan fingerprint density at radius 1 is 0.543 bits per heavy atom. The summed E-state index contributed by atoms with van der Waals surface area (Å²) in [5.41, 5.74) is 10.2. The van der Waals surface area contributed by atoms with Gasteiger partial charge in [0.15, 0.2) is 12.4 Å². The summed E-state index contributed by atoms with van der Waals surface area (Å²) in [6.07, 6.45) is 23.0. The first-order valence-electron chi connectivity index (χ1n) is 14.6. The van der Waals surface area contributed by atoms with Crippen LogP contribution in [0.3, 0.4) is 0 Å². The van der Waals surface area contributed by atoms with Gasteiger partial charge in [-0.25, -0.2) is 4.57 Å². The minimum Gasteiger partial charge on any atom is -0.372 e. The van der Waals surface area contributed by atoms with Gasteiger partial charge in [-0.3, -0.25) is 0 Å². The van der Waals surface area contributed by atoms with E-state index >= 15 is 0 Å². The fourth-order valence-electron chi connectivity index (χ4n) is 4.47. The maximum Gasteiger partial charge on any atom is 0.170 e. The summed E-state index contributed by atoms with van der Waals surface area (Å²) in [5, 5.41) is 0. The number of anilines is 3. The molecular weight excluding hydrogens is 428 g/mol. The molecule has 196 valence electrons. The van der Waals surface area contributed by atoms with E-state index in [4.69, 9.17) is 0 Å². The molecule has 0 aliphatic heterocycles. The van der Waals surface area contributed by atoms with Crippen LogP contribution in [0.15, 0.2) is 48.8 Å². The largest absolute Gasteiger partial charge is 0.372 e. The highest BCUT2D eigenvalue weighted by Crippen LogP contribution is 2.20. The monoisotopic (exact) mass is 481 g/mol. The van der Waals surface area contributed by atoms with Crippen LogP contribution in [0.2, 0.25) is 0 Å². The lowest BCUT2D eigenvalue weighted by Crippen LogP contribution is -2.32. The topological polar surface area (TPSA) is 31.2 Å². The number of benzene rings is 1. The Balaban J connectivity index is 1.83. The molecule has 4 nitrogen and oxygen atoms in total. The molecule has 2 aromatic rings. The maximum atomic E-state index is 3.36. The molecule has 1 heterocycles. The highest BCUT2D eigenvalue weighted by atomic mass is 15.4. The van der Waals surface area contributed by atoms with Crippen molar-refractivity contribution in [3.63, 3.8) is 0 Å². The van der Waals surface area contributed by atoms with Crippen molar-refractivity contribution in [1.29, 1.82) is 0 Å². The van der Waals surface area contributed by atoms with Crippen LogP contribution < -0.4 is 20.3 Å². The lowest BCUT2D eigenvalue weighted by Gasteiger charge is -2.25. The number of nitrogens with one attached hydrogen (secondary N) is 2. The Morgan fingerprint density at radius 3 is 1.51 bits per heavy atom. The molecule has 0 atom stereocenters. The molecule has 1 aromatic carbocycles. The molecule has 0 unspecified atom stereocenters. The maximum absolute atomic E-state index is 3.36. The van der Waals surface area contributed by atoms with Gasteiger partial charge in [0.25, 0.3) is 0 Å². The molecule has 0 saturated carbocycles. The molecule has 4 heteroatoms. The van der Waals surface area contributed by atoms with E-state index in [-0.39, 0.29) is 0 Å². The second-order valence-electron chi connectivity index (χ2n) is 10.00. The molecular formula is C31H53N4+. The molecule has 0 spiro atoms. The molecule has 0 aliphatic rings. The lowest BCUT2D eigenvalue weighted by atomic mass is 10.1. The van der Waals surface area contributed by atoms with Crippen LogP contribution >= 0.6 is 0 Å². The summed E-state index contributed by atoms with van der Waals surface area (Å²) < 4.78 is 2.24. The van der Waals surface area contributed by atoms with E-state index in [0.29, 0.717) is 0 Å². The van der Waals surface area contributed by atoms with Crippen molar-refractivity contribution in [2.24, 2.45) is 0 Å². The fraction of sp³-hybridized carbons (Fsp3) is 0.645. The van der Waals surface area contributed by atoms with Gasteiger partial charge in [-0.05, 0) is 37.1 Å². The first-order valence-corrected chi connectivity index (χ1v) is 14.6. The van der Waals surface area contributed by atoms with Crippen molar-refractivity contribution in [3.05, 3.63) is 48.8 Å².